The fourth-order valence-corrected chi connectivity index (χ4v) is 2.44. The molecule has 3 nitrogen and oxygen atoms in total. The Hall–Kier alpha value is -0.840. The molecule has 1 aromatic rings. The monoisotopic (exact) mass is 310 g/mol. The topological polar surface area (TPSA) is 24.5 Å². The van der Waals surface area contributed by atoms with Crippen LogP contribution in [0.2, 0.25) is 0 Å². The van der Waals surface area contributed by atoms with Crippen LogP contribution in [0.3, 0.4) is 0 Å². The molecule has 0 saturated carbocycles. The standard InChI is InChI=1S/C14H19BrN2O/c1-18-14-5-4-13(15)11-12(14)3-2-8-17-9-6-16-7-10-17/h2-5,11,16H,6-10H2,1H3/b3-2+. The van der Waals surface area contributed by atoms with Crippen molar-refractivity contribution >= 4 is 22.0 Å². The molecule has 0 unspecified atom stereocenters. The summed E-state index contributed by atoms with van der Waals surface area (Å²) in [5.74, 6) is 0.912. The predicted octanol–water partition coefficient (Wildman–Crippen LogP) is 2.38. The van der Waals surface area contributed by atoms with Crippen molar-refractivity contribution in [2.45, 2.75) is 0 Å². The minimum Gasteiger partial charge on any atom is -0.496 e. The van der Waals surface area contributed by atoms with Gasteiger partial charge in [-0.2, -0.15) is 0 Å². The van der Waals surface area contributed by atoms with Gasteiger partial charge in [0.25, 0.3) is 0 Å². The molecular formula is C14H19BrN2O. The van der Waals surface area contributed by atoms with Crippen LogP contribution in [0, 0.1) is 0 Å². The first kappa shape index (κ1) is 13.6. The molecule has 4 heteroatoms. The zero-order valence-electron chi connectivity index (χ0n) is 10.7. The Labute approximate surface area is 117 Å². The molecule has 0 amide bonds. The van der Waals surface area contributed by atoms with Crippen molar-refractivity contribution in [3.8, 4) is 5.75 Å². The molecule has 0 spiro atoms. The van der Waals surface area contributed by atoms with Crippen molar-refractivity contribution < 1.29 is 4.74 Å². The van der Waals surface area contributed by atoms with Crippen molar-refractivity contribution in [2.75, 3.05) is 39.8 Å². The van der Waals surface area contributed by atoms with Crippen LogP contribution in [0.4, 0.5) is 0 Å². The molecule has 0 radical (unpaired) electrons. The lowest BCUT2D eigenvalue weighted by atomic mass is 10.2. The van der Waals surface area contributed by atoms with E-state index in [0.29, 0.717) is 0 Å². The lowest BCUT2D eigenvalue weighted by Gasteiger charge is -2.25. The fraction of sp³-hybridized carbons (Fsp3) is 0.429. The van der Waals surface area contributed by atoms with Gasteiger partial charge in [0.1, 0.15) is 5.75 Å². The van der Waals surface area contributed by atoms with E-state index >= 15 is 0 Å². The molecule has 0 bridgehead atoms. The number of hydrogen-bond donors (Lipinski definition) is 1. The normalized spacial score (nSPS) is 17.2. The maximum Gasteiger partial charge on any atom is 0.126 e. The number of halogens is 1. The van der Waals surface area contributed by atoms with Gasteiger partial charge in [-0.25, -0.2) is 0 Å². The van der Waals surface area contributed by atoms with Gasteiger partial charge in [-0.3, -0.25) is 4.90 Å². The summed E-state index contributed by atoms with van der Waals surface area (Å²) in [4.78, 5) is 2.44. The van der Waals surface area contributed by atoms with Gasteiger partial charge in [-0.05, 0) is 18.2 Å². The molecule has 1 heterocycles. The fourth-order valence-electron chi connectivity index (χ4n) is 2.06. The maximum atomic E-state index is 5.35. The minimum absolute atomic E-state index is 0.912. The number of nitrogens with one attached hydrogen (secondary N) is 1. The van der Waals surface area contributed by atoms with Crippen LogP contribution in [0.1, 0.15) is 5.56 Å². The zero-order valence-corrected chi connectivity index (χ0v) is 12.2. The molecule has 0 aromatic heterocycles. The summed E-state index contributed by atoms with van der Waals surface area (Å²) in [5, 5.41) is 3.36. The highest BCUT2D eigenvalue weighted by Crippen LogP contribution is 2.24. The first-order valence-corrected chi connectivity index (χ1v) is 7.02. The van der Waals surface area contributed by atoms with Crippen LogP contribution in [-0.2, 0) is 0 Å². The van der Waals surface area contributed by atoms with E-state index in [0.717, 1.165) is 48.5 Å². The Morgan fingerprint density at radius 3 is 2.89 bits per heavy atom. The van der Waals surface area contributed by atoms with Crippen LogP contribution >= 0.6 is 15.9 Å². The van der Waals surface area contributed by atoms with Crippen molar-refractivity contribution in [3.05, 3.63) is 34.3 Å². The van der Waals surface area contributed by atoms with Gasteiger partial charge >= 0.3 is 0 Å². The highest BCUT2D eigenvalue weighted by Gasteiger charge is 2.07. The second kappa shape index (κ2) is 6.92. The van der Waals surface area contributed by atoms with E-state index in [4.69, 9.17) is 4.74 Å². The molecular weight excluding hydrogens is 292 g/mol. The summed E-state index contributed by atoms with van der Waals surface area (Å²) in [6.07, 6.45) is 4.33. The van der Waals surface area contributed by atoms with Crippen LogP contribution in [0.25, 0.3) is 6.08 Å². The quantitative estimate of drug-likeness (QED) is 0.924. The van der Waals surface area contributed by atoms with Crippen molar-refractivity contribution in [1.29, 1.82) is 0 Å². The lowest BCUT2D eigenvalue weighted by Crippen LogP contribution is -2.43. The van der Waals surface area contributed by atoms with Gasteiger partial charge in [-0.15, -0.1) is 0 Å². The smallest absolute Gasteiger partial charge is 0.126 e. The maximum absolute atomic E-state index is 5.35. The first-order chi connectivity index (χ1) is 8.79. The number of ether oxygens (including phenoxy) is 1. The summed E-state index contributed by atoms with van der Waals surface area (Å²) < 4.78 is 6.42. The number of hydrogen-bond acceptors (Lipinski definition) is 3. The number of methoxy groups -OCH3 is 1. The minimum atomic E-state index is 0.912. The van der Waals surface area contributed by atoms with Gasteiger partial charge < -0.3 is 10.1 Å². The predicted molar refractivity (Wildman–Crippen MR) is 79.0 cm³/mol. The Kier molecular flexibility index (Phi) is 5.23. The largest absolute Gasteiger partial charge is 0.496 e. The van der Waals surface area contributed by atoms with Crippen LogP contribution in [0.5, 0.6) is 5.75 Å². The second-order valence-electron chi connectivity index (χ2n) is 4.34. The average Bonchev–Trinajstić information content (AvgIpc) is 2.40. The number of rotatable bonds is 4. The van der Waals surface area contributed by atoms with Crippen LogP contribution in [0.15, 0.2) is 28.7 Å². The molecule has 1 fully saturated rings. The Balaban J connectivity index is 1.97. The van der Waals surface area contributed by atoms with E-state index in [2.05, 4.69) is 44.4 Å². The van der Waals surface area contributed by atoms with Gasteiger partial charge in [0, 0.05) is 42.8 Å². The summed E-state index contributed by atoms with van der Waals surface area (Å²) in [6.45, 7) is 5.43. The molecule has 98 valence electrons. The highest BCUT2D eigenvalue weighted by atomic mass is 79.9. The molecule has 1 aliphatic heterocycles. The molecule has 1 saturated heterocycles. The number of benzene rings is 1. The van der Waals surface area contributed by atoms with Gasteiger partial charge in [0.05, 0.1) is 7.11 Å². The van der Waals surface area contributed by atoms with Crippen LogP contribution in [-0.4, -0.2) is 44.7 Å². The molecule has 0 atom stereocenters. The Morgan fingerprint density at radius 1 is 1.39 bits per heavy atom. The SMILES string of the molecule is COc1ccc(Br)cc1/C=C/CN1CCNCC1. The molecule has 18 heavy (non-hydrogen) atoms. The molecule has 2 rings (SSSR count). The zero-order chi connectivity index (χ0) is 12.8. The van der Waals surface area contributed by atoms with E-state index in [1.165, 1.54) is 0 Å². The van der Waals surface area contributed by atoms with E-state index in [1.54, 1.807) is 7.11 Å². The summed E-state index contributed by atoms with van der Waals surface area (Å²) in [5.41, 5.74) is 1.11. The van der Waals surface area contributed by atoms with Gasteiger partial charge in [0.15, 0.2) is 0 Å². The van der Waals surface area contributed by atoms with Crippen LogP contribution < -0.4 is 10.1 Å². The van der Waals surface area contributed by atoms with Crippen molar-refractivity contribution in [1.82, 2.24) is 10.2 Å². The summed E-state index contributed by atoms with van der Waals surface area (Å²) in [7, 11) is 1.71. The van der Waals surface area contributed by atoms with E-state index in [9.17, 15) is 0 Å². The van der Waals surface area contributed by atoms with Gasteiger partial charge in [-0.1, -0.05) is 28.1 Å². The number of piperazine rings is 1. The number of nitrogens with zero attached hydrogens (tertiary/aromatic N) is 1. The third-order valence-electron chi connectivity index (χ3n) is 3.06. The van der Waals surface area contributed by atoms with E-state index in [-0.39, 0.29) is 0 Å². The van der Waals surface area contributed by atoms with E-state index in [1.807, 2.05) is 12.1 Å². The first-order valence-electron chi connectivity index (χ1n) is 6.23. The molecule has 1 N–H and O–H groups in total. The Morgan fingerprint density at radius 2 is 2.17 bits per heavy atom. The van der Waals surface area contributed by atoms with Gasteiger partial charge in [0.2, 0.25) is 0 Å². The summed E-state index contributed by atoms with van der Waals surface area (Å²) >= 11 is 3.49. The van der Waals surface area contributed by atoms with E-state index < -0.39 is 0 Å². The lowest BCUT2D eigenvalue weighted by molar-refractivity contribution is 0.265. The molecule has 1 aliphatic rings. The Bertz CT molecular complexity index is 414. The summed E-state index contributed by atoms with van der Waals surface area (Å²) in [6, 6.07) is 6.05. The highest BCUT2D eigenvalue weighted by molar-refractivity contribution is 9.10. The van der Waals surface area contributed by atoms with Crippen molar-refractivity contribution in [2.24, 2.45) is 0 Å². The third kappa shape index (κ3) is 3.83. The third-order valence-corrected chi connectivity index (χ3v) is 3.56. The average molecular weight is 311 g/mol. The van der Waals surface area contributed by atoms with Crippen molar-refractivity contribution in [3.63, 3.8) is 0 Å². The second-order valence-corrected chi connectivity index (χ2v) is 5.25. The molecule has 0 aliphatic carbocycles. The molecule has 1 aromatic carbocycles.